The van der Waals surface area contributed by atoms with Crippen molar-refractivity contribution in [3.05, 3.63) is 57.8 Å². The Kier molecular flexibility index (Phi) is 4.31. The van der Waals surface area contributed by atoms with Crippen LogP contribution in [0.4, 0.5) is 11.4 Å². The first-order valence-corrected chi connectivity index (χ1v) is 6.06. The van der Waals surface area contributed by atoms with Crippen LogP contribution in [0.15, 0.2) is 36.5 Å². The fourth-order valence-electron chi connectivity index (χ4n) is 1.84. The van der Waals surface area contributed by atoms with Gasteiger partial charge in [0.2, 0.25) is 5.88 Å². The fraction of sp³-hybridized carbons (Fsp3) is 0.143. The second-order valence-corrected chi connectivity index (χ2v) is 4.13. The number of methoxy groups -OCH3 is 1. The molecule has 1 heterocycles. The summed E-state index contributed by atoms with van der Waals surface area (Å²) in [6.45, 7) is 0.356. The van der Waals surface area contributed by atoms with E-state index in [9.17, 15) is 10.1 Å². The molecule has 0 atom stereocenters. The molecule has 0 radical (unpaired) electrons. The summed E-state index contributed by atoms with van der Waals surface area (Å²) in [6.07, 6.45) is 1.59. The molecule has 2 rings (SSSR count). The molecule has 0 spiro atoms. The molecular formula is C14H12N4O3. The van der Waals surface area contributed by atoms with Gasteiger partial charge in [-0.25, -0.2) is 4.98 Å². The SMILES string of the molecule is COc1cc(CNc2cccc(C#N)c2[N+](=O)[O-])ccn1. The lowest BCUT2D eigenvalue weighted by Gasteiger charge is -2.08. The average molecular weight is 284 g/mol. The fourth-order valence-corrected chi connectivity index (χ4v) is 1.84. The Morgan fingerprint density at radius 2 is 2.29 bits per heavy atom. The van der Waals surface area contributed by atoms with Gasteiger partial charge in [-0.2, -0.15) is 5.26 Å². The zero-order valence-corrected chi connectivity index (χ0v) is 11.2. The highest BCUT2D eigenvalue weighted by atomic mass is 16.6. The molecule has 1 N–H and O–H groups in total. The van der Waals surface area contributed by atoms with Crippen molar-refractivity contribution in [1.82, 2.24) is 4.98 Å². The van der Waals surface area contributed by atoms with Crippen LogP contribution >= 0.6 is 0 Å². The van der Waals surface area contributed by atoms with E-state index in [0.29, 0.717) is 18.1 Å². The van der Waals surface area contributed by atoms with Crippen LogP contribution in [-0.4, -0.2) is 17.0 Å². The largest absolute Gasteiger partial charge is 0.481 e. The van der Waals surface area contributed by atoms with Crippen molar-refractivity contribution in [3.63, 3.8) is 0 Å². The smallest absolute Gasteiger partial charge is 0.309 e. The minimum Gasteiger partial charge on any atom is -0.481 e. The van der Waals surface area contributed by atoms with Gasteiger partial charge in [0.1, 0.15) is 17.3 Å². The van der Waals surface area contributed by atoms with E-state index in [0.717, 1.165) is 5.56 Å². The molecule has 0 bridgehead atoms. The van der Waals surface area contributed by atoms with Crippen LogP contribution in [0.2, 0.25) is 0 Å². The van der Waals surface area contributed by atoms with Crippen LogP contribution in [0, 0.1) is 21.4 Å². The number of nitro groups is 1. The minimum absolute atomic E-state index is 0.0253. The number of nitro benzene ring substituents is 1. The summed E-state index contributed by atoms with van der Waals surface area (Å²) < 4.78 is 5.02. The number of rotatable bonds is 5. The summed E-state index contributed by atoms with van der Waals surface area (Å²) in [7, 11) is 1.51. The minimum atomic E-state index is -0.561. The highest BCUT2D eigenvalue weighted by molar-refractivity contribution is 5.68. The molecule has 0 aliphatic heterocycles. The second kappa shape index (κ2) is 6.34. The average Bonchev–Trinajstić information content (AvgIpc) is 2.52. The standard InChI is InChI=1S/C14H12N4O3/c1-21-13-7-10(5-6-16-13)9-17-12-4-2-3-11(8-15)14(12)18(19)20/h2-7,17H,9H2,1H3. The van der Waals surface area contributed by atoms with Gasteiger partial charge < -0.3 is 10.1 Å². The zero-order chi connectivity index (χ0) is 15.2. The summed E-state index contributed by atoms with van der Waals surface area (Å²) in [5.41, 5.74) is 0.965. The summed E-state index contributed by atoms with van der Waals surface area (Å²) in [6, 6.07) is 9.91. The van der Waals surface area contributed by atoms with E-state index in [4.69, 9.17) is 10.00 Å². The van der Waals surface area contributed by atoms with Crippen molar-refractivity contribution in [2.75, 3.05) is 12.4 Å². The molecular weight excluding hydrogens is 272 g/mol. The van der Waals surface area contributed by atoms with E-state index < -0.39 is 4.92 Å². The molecule has 0 amide bonds. The molecule has 0 aliphatic rings. The Hall–Kier alpha value is -3.14. The number of nitriles is 1. The van der Waals surface area contributed by atoms with Crippen LogP contribution in [0.5, 0.6) is 5.88 Å². The third-order valence-electron chi connectivity index (χ3n) is 2.83. The summed E-state index contributed by atoms with van der Waals surface area (Å²) >= 11 is 0. The monoisotopic (exact) mass is 284 g/mol. The number of nitrogens with one attached hydrogen (secondary N) is 1. The van der Waals surface area contributed by atoms with Crippen molar-refractivity contribution in [2.24, 2.45) is 0 Å². The maximum Gasteiger partial charge on any atom is 0.309 e. The molecule has 2 aromatic rings. The first-order chi connectivity index (χ1) is 10.2. The number of hydrogen-bond acceptors (Lipinski definition) is 6. The van der Waals surface area contributed by atoms with Gasteiger partial charge >= 0.3 is 5.69 Å². The number of anilines is 1. The lowest BCUT2D eigenvalue weighted by Crippen LogP contribution is -2.04. The number of nitrogens with zero attached hydrogens (tertiary/aromatic N) is 3. The number of para-hydroxylation sites is 1. The third kappa shape index (κ3) is 3.25. The molecule has 0 saturated carbocycles. The highest BCUT2D eigenvalue weighted by Crippen LogP contribution is 2.28. The zero-order valence-electron chi connectivity index (χ0n) is 11.2. The van der Waals surface area contributed by atoms with Crippen LogP contribution in [0.25, 0.3) is 0 Å². The number of benzene rings is 1. The Morgan fingerprint density at radius 1 is 1.48 bits per heavy atom. The van der Waals surface area contributed by atoms with Crippen molar-refractivity contribution in [1.29, 1.82) is 5.26 Å². The van der Waals surface area contributed by atoms with Gasteiger partial charge in [0.15, 0.2) is 0 Å². The van der Waals surface area contributed by atoms with E-state index in [1.165, 1.54) is 13.2 Å². The van der Waals surface area contributed by atoms with Gasteiger partial charge in [-0.1, -0.05) is 6.07 Å². The second-order valence-electron chi connectivity index (χ2n) is 4.13. The van der Waals surface area contributed by atoms with Crippen LogP contribution < -0.4 is 10.1 Å². The molecule has 0 fully saturated rings. The summed E-state index contributed by atoms with van der Waals surface area (Å²) in [5.74, 6) is 0.467. The van der Waals surface area contributed by atoms with Gasteiger partial charge in [0.25, 0.3) is 0 Å². The quantitative estimate of drug-likeness (QED) is 0.668. The predicted molar refractivity (Wildman–Crippen MR) is 75.9 cm³/mol. The van der Waals surface area contributed by atoms with E-state index >= 15 is 0 Å². The predicted octanol–water partition coefficient (Wildman–Crippen LogP) is 2.48. The van der Waals surface area contributed by atoms with E-state index in [1.54, 1.807) is 30.5 Å². The number of ether oxygens (including phenoxy) is 1. The van der Waals surface area contributed by atoms with Gasteiger partial charge in [-0.05, 0) is 23.8 Å². The Bertz CT molecular complexity index is 710. The van der Waals surface area contributed by atoms with Crippen molar-refractivity contribution in [3.8, 4) is 11.9 Å². The normalized spacial score (nSPS) is 9.71. The van der Waals surface area contributed by atoms with Crippen LogP contribution in [-0.2, 0) is 6.54 Å². The lowest BCUT2D eigenvalue weighted by atomic mass is 10.1. The van der Waals surface area contributed by atoms with Gasteiger partial charge in [0, 0.05) is 18.8 Å². The van der Waals surface area contributed by atoms with E-state index in [2.05, 4.69) is 10.3 Å². The Balaban J connectivity index is 2.24. The first kappa shape index (κ1) is 14.3. The number of hydrogen-bond donors (Lipinski definition) is 1. The van der Waals surface area contributed by atoms with Crippen molar-refractivity contribution >= 4 is 11.4 Å². The molecule has 106 valence electrons. The molecule has 21 heavy (non-hydrogen) atoms. The Morgan fingerprint density at radius 3 is 2.95 bits per heavy atom. The van der Waals surface area contributed by atoms with Crippen LogP contribution in [0.3, 0.4) is 0 Å². The molecule has 0 aliphatic carbocycles. The van der Waals surface area contributed by atoms with Crippen LogP contribution in [0.1, 0.15) is 11.1 Å². The molecule has 7 heteroatoms. The molecule has 7 nitrogen and oxygen atoms in total. The van der Waals surface area contributed by atoms with Gasteiger partial charge in [-0.15, -0.1) is 0 Å². The first-order valence-electron chi connectivity index (χ1n) is 6.06. The van der Waals surface area contributed by atoms with E-state index in [-0.39, 0.29) is 11.3 Å². The topological polar surface area (TPSA) is 101 Å². The number of pyridine rings is 1. The molecule has 1 aromatic carbocycles. The summed E-state index contributed by atoms with van der Waals surface area (Å²) in [5, 5.41) is 23.0. The van der Waals surface area contributed by atoms with Crippen molar-refractivity contribution in [2.45, 2.75) is 6.54 Å². The maximum atomic E-state index is 11.1. The molecule has 0 saturated heterocycles. The molecule has 0 unspecified atom stereocenters. The van der Waals surface area contributed by atoms with Gasteiger partial charge in [0.05, 0.1) is 12.0 Å². The van der Waals surface area contributed by atoms with E-state index in [1.807, 2.05) is 6.07 Å². The highest BCUT2D eigenvalue weighted by Gasteiger charge is 2.19. The Labute approximate surface area is 121 Å². The maximum absolute atomic E-state index is 11.1. The summed E-state index contributed by atoms with van der Waals surface area (Å²) in [4.78, 5) is 14.5. The lowest BCUT2D eigenvalue weighted by molar-refractivity contribution is -0.384. The van der Waals surface area contributed by atoms with Gasteiger partial charge in [-0.3, -0.25) is 10.1 Å². The van der Waals surface area contributed by atoms with Crippen molar-refractivity contribution < 1.29 is 9.66 Å². The third-order valence-corrected chi connectivity index (χ3v) is 2.83. The number of aromatic nitrogens is 1. The molecule has 1 aromatic heterocycles.